The van der Waals surface area contributed by atoms with Crippen molar-refractivity contribution in [1.29, 1.82) is 0 Å². The van der Waals surface area contributed by atoms with Crippen molar-refractivity contribution in [2.24, 2.45) is 5.41 Å². The van der Waals surface area contributed by atoms with E-state index in [1.165, 1.54) is 4.90 Å². The standard InChI is InChI=1S/C29H44O8S/c1-22(30)14-33-18-29(19-34-15-23(2)31,20-35-16-24(3)32)21-36-17-25(4)37-26-10-12-28(13-11-26)38-27-8-6-5-7-9-27/h5-13,22-25,30-32H,14-21H2,1-4H3. The largest absolute Gasteiger partial charge is 0.488 e. The molecule has 0 heterocycles. The number of hydrogen-bond acceptors (Lipinski definition) is 9. The fourth-order valence-corrected chi connectivity index (χ4v) is 4.34. The Hall–Kier alpha value is -1.69. The molecule has 9 heteroatoms. The van der Waals surface area contributed by atoms with Gasteiger partial charge in [0.15, 0.2) is 0 Å². The van der Waals surface area contributed by atoms with Crippen LogP contribution in [0.1, 0.15) is 27.7 Å². The summed E-state index contributed by atoms with van der Waals surface area (Å²) in [5.41, 5.74) is -0.700. The summed E-state index contributed by atoms with van der Waals surface area (Å²) in [7, 11) is 0. The van der Waals surface area contributed by atoms with Crippen LogP contribution >= 0.6 is 11.8 Å². The van der Waals surface area contributed by atoms with Gasteiger partial charge in [0.25, 0.3) is 0 Å². The van der Waals surface area contributed by atoms with Gasteiger partial charge in [0.1, 0.15) is 11.9 Å². The van der Waals surface area contributed by atoms with E-state index in [0.29, 0.717) is 6.61 Å². The smallest absolute Gasteiger partial charge is 0.119 e. The van der Waals surface area contributed by atoms with Gasteiger partial charge >= 0.3 is 0 Å². The molecule has 2 aromatic rings. The third-order valence-corrected chi connectivity index (χ3v) is 6.22. The third kappa shape index (κ3) is 13.9. The van der Waals surface area contributed by atoms with Crippen LogP contribution in [0, 0.1) is 5.41 Å². The molecule has 3 N–H and O–H groups in total. The minimum absolute atomic E-state index is 0.159. The van der Waals surface area contributed by atoms with Gasteiger partial charge in [-0.15, -0.1) is 0 Å². The molecule has 0 spiro atoms. The average Bonchev–Trinajstić information content (AvgIpc) is 2.85. The molecular formula is C29H44O8S. The van der Waals surface area contributed by atoms with E-state index in [0.717, 1.165) is 10.6 Å². The lowest BCUT2D eigenvalue weighted by Crippen LogP contribution is -2.43. The first-order chi connectivity index (χ1) is 18.2. The van der Waals surface area contributed by atoms with Crippen molar-refractivity contribution in [3.05, 3.63) is 54.6 Å². The second kappa shape index (κ2) is 17.8. The number of ether oxygens (including phenoxy) is 5. The molecule has 0 aromatic heterocycles. The topological polar surface area (TPSA) is 107 Å². The maximum atomic E-state index is 9.62. The van der Waals surface area contributed by atoms with Crippen LogP contribution in [0.25, 0.3) is 0 Å². The molecule has 0 saturated heterocycles. The minimum atomic E-state index is -0.700. The highest BCUT2D eigenvalue weighted by Gasteiger charge is 2.33. The van der Waals surface area contributed by atoms with Crippen molar-refractivity contribution in [3.63, 3.8) is 0 Å². The van der Waals surface area contributed by atoms with Gasteiger partial charge in [0.05, 0.1) is 76.6 Å². The van der Waals surface area contributed by atoms with Gasteiger partial charge in [-0.2, -0.15) is 0 Å². The Morgan fingerprint density at radius 3 is 1.47 bits per heavy atom. The van der Waals surface area contributed by atoms with E-state index in [4.69, 9.17) is 23.7 Å². The molecule has 2 aromatic carbocycles. The van der Waals surface area contributed by atoms with Gasteiger partial charge in [-0.05, 0) is 64.1 Å². The summed E-state index contributed by atoms with van der Waals surface area (Å²) in [5, 5.41) is 28.9. The van der Waals surface area contributed by atoms with Crippen LogP contribution < -0.4 is 4.74 Å². The fourth-order valence-electron chi connectivity index (χ4n) is 3.51. The lowest BCUT2D eigenvalue weighted by atomic mass is 9.92. The number of aliphatic hydroxyl groups excluding tert-OH is 3. The van der Waals surface area contributed by atoms with E-state index in [2.05, 4.69) is 12.1 Å². The van der Waals surface area contributed by atoms with Crippen LogP contribution in [0.15, 0.2) is 64.4 Å². The number of rotatable bonds is 20. The zero-order chi connectivity index (χ0) is 27.8. The van der Waals surface area contributed by atoms with Crippen LogP contribution in [-0.4, -0.2) is 92.6 Å². The summed E-state index contributed by atoms with van der Waals surface area (Å²) in [6.45, 7) is 8.58. The molecule has 0 saturated carbocycles. The second-order valence-electron chi connectivity index (χ2n) is 9.92. The predicted molar refractivity (Wildman–Crippen MR) is 148 cm³/mol. The van der Waals surface area contributed by atoms with E-state index in [1.54, 1.807) is 32.5 Å². The highest BCUT2D eigenvalue weighted by Crippen LogP contribution is 2.29. The summed E-state index contributed by atoms with van der Waals surface area (Å²) in [6.07, 6.45) is -2.06. The monoisotopic (exact) mass is 552 g/mol. The maximum absolute atomic E-state index is 9.62. The van der Waals surface area contributed by atoms with E-state index in [1.807, 2.05) is 49.4 Å². The normalized spacial score (nSPS) is 16.4. The predicted octanol–water partition coefficient (Wildman–Crippen LogP) is 3.80. The summed E-state index contributed by atoms with van der Waals surface area (Å²) in [6, 6.07) is 18.2. The molecule has 2 rings (SSSR count). The SMILES string of the molecule is CC(O)COCC(COCC(C)O)(COCC(C)O)COCC(C)Oc1ccc(Sc2ccccc2)cc1. The van der Waals surface area contributed by atoms with Crippen LogP contribution in [-0.2, 0) is 18.9 Å². The molecule has 0 radical (unpaired) electrons. The van der Waals surface area contributed by atoms with Gasteiger partial charge in [-0.25, -0.2) is 0 Å². The Morgan fingerprint density at radius 2 is 1.03 bits per heavy atom. The number of aliphatic hydroxyl groups is 3. The first-order valence-electron chi connectivity index (χ1n) is 13.0. The van der Waals surface area contributed by atoms with Crippen LogP contribution in [0.3, 0.4) is 0 Å². The van der Waals surface area contributed by atoms with E-state index in [-0.39, 0.29) is 52.4 Å². The molecule has 0 bridgehead atoms. The van der Waals surface area contributed by atoms with Gasteiger partial charge in [-0.3, -0.25) is 0 Å². The molecule has 38 heavy (non-hydrogen) atoms. The number of benzene rings is 2. The summed E-state index contributed by atoms with van der Waals surface area (Å²) in [5.74, 6) is 0.755. The minimum Gasteiger partial charge on any atom is -0.488 e. The molecule has 0 aliphatic heterocycles. The molecule has 8 nitrogen and oxygen atoms in total. The highest BCUT2D eigenvalue weighted by molar-refractivity contribution is 7.99. The summed E-state index contributed by atoms with van der Waals surface area (Å²) < 4.78 is 29.3. The average molecular weight is 553 g/mol. The third-order valence-electron chi connectivity index (χ3n) is 5.20. The zero-order valence-corrected chi connectivity index (χ0v) is 23.8. The summed E-state index contributed by atoms with van der Waals surface area (Å²) in [4.78, 5) is 2.31. The molecule has 0 aliphatic carbocycles. The lowest BCUT2D eigenvalue weighted by molar-refractivity contribution is -0.128. The fraction of sp³-hybridized carbons (Fsp3) is 0.586. The zero-order valence-electron chi connectivity index (χ0n) is 23.0. The molecule has 0 fully saturated rings. The van der Waals surface area contributed by atoms with Crippen molar-refractivity contribution < 1.29 is 39.0 Å². The van der Waals surface area contributed by atoms with Crippen molar-refractivity contribution in [2.45, 2.75) is 61.9 Å². The van der Waals surface area contributed by atoms with Crippen LogP contribution in [0.4, 0.5) is 0 Å². The van der Waals surface area contributed by atoms with Gasteiger partial charge in [0, 0.05) is 9.79 Å². The Balaban J connectivity index is 1.93. The second-order valence-corrected chi connectivity index (χ2v) is 11.1. The molecule has 0 aliphatic rings. The molecule has 4 atom stereocenters. The Bertz CT molecular complexity index is 825. The molecule has 214 valence electrons. The van der Waals surface area contributed by atoms with E-state index in [9.17, 15) is 15.3 Å². The van der Waals surface area contributed by atoms with Crippen LogP contribution in [0.5, 0.6) is 5.75 Å². The molecular weight excluding hydrogens is 508 g/mol. The van der Waals surface area contributed by atoms with Crippen molar-refractivity contribution in [2.75, 3.05) is 52.9 Å². The van der Waals surface area contributed by atoms with E-state index >= 15 is 0 Å². The lowest BCUT2D eigenvalue weighted by Gasteiger charge is -2.34. The number of hydrogen-bond donors (Lipinski definition) is 3. The molecule has 0 amide bonds. The quantitative estimate of drug-likeness (QED) is 0.226. The highest BCUT2D eigenvalue weighted by atomic mass is 32.2. The maximum Gasteiger partial charge on any atom is 0.119 e. The van der Waals surface area contributed by atoms with E-state index < -0.39 is 23.7 Å². The molecule has 4 unspecified atom stereocenters. The Kier molecular flexibility index (Phi) is 15.2. The Morgan fingerprint density at radius 1 is 0.605 bits per heavy atom. The van der Waals surface area contributed by atoms with Crippen molar-refractivity contribution in [1.82, 2.24) is 0 Å². The van der Waals surface area contributed by atoms with Gasteiger partial charge in [-0.1, -0.05) is 30.0 Å². The van der Waals surface area contributed by atoms with Gasteiger partial charge in [0.2, 0.25) is 0 Å². The Labute approximate surface area is 231 Å². The first-order valence-corrected chi connectivity index (χ1v) is 13.8. The van der Waals surface area contributed by atoms with Gasteiger partial charge < -0.3 is 39.0 Å². The van der Waals surface area contributed by atoms with Crippen LogP contribution in [0.2, 0.25) is 0 Å². The van der Waals surface area contributed by atoms with Crippen molar-refractivity contribution >= 4 is 11.8 Å². The first kappa shape index (κ1) is 32.5. The van der Waals surface area contributed by atoms with Crippen molar-refractivity contribution in [3.8, 4) is 5.75 Å². The summed E-state index contributed by atoms with van der Waals surface area (Å²) >= 11 is 1.69.